The van der Waals surface area contributed by atoms with E-state index in [4.69, 9.17) is 21.1 Å². The predicted octanol–water partition coefficient (Wildman–Crippen LogP) is 3.88. The Bertz CT molecular complexity index is 793. The molecule has 23 heavy (non-hydrogen) atoms. The van der Waals surface area contributed by atoms with Crippen LogP contribution in [0, 0.1) is 5.41 Å². The maximum atomic E-state index is 13.0. The van der Waals surface area contributed by atoms with Crippen molar-refractivity contribution in [2.24, 2.45) is 5.41 Å². The van der Waals surface area contributed by atoms with E-state index in [0.717, 1.165) is 30.4 Å². The van der Waals surface area contributed by atoms with Crippen LogP contribution in [0.4, 0.5) is 0 Å². The van der Waals surface area contributed by atoms with Crippen LogP contribution in [-0.2, 0) is 19.3 Å². The smallest absolute Gasteiger partial charge is 0.170 e. The third-order valence-corrected chi connectivity index (χ3v) is 5.32. The van der Waals surface area contributed by atoms with Crippen LogP contribution in [0.15, 0.2) is 30.3 Å². The lowest BCUT2D eigenvalue weighted by atomic mass is 9.81. The average molecular weight is 329 g/mol. The number of fused-ring (bicyclic) bond motifs is 2. The molecule has 0 aliphatic heterocycles. The van der Waals surface area contributed by atoms with Crippen LogP contribution in [-0.4, -0.2) is 20.0 Å². The molecule has 2 aliphatic carbocycles. The molecule has 0 fully saturated rings. The van der Waals surface area contributed by atoms with Gasteiger partial charge in [0.15, 0.2) is 17.3 Å². The monoisotopic (exact) mass is 328 g/mol. The van der Waals surface area contributed by atoms with Crippen molar-refractivity contribution in [3.8, 4) is 11.5 Å². The van der Waals surface area contributed by atoms with Crippen LogP contribution in [0.2, 0.25) is 5.02 Å². The fraction of sp³-hybridized carbons (Fsp3) is 0.316. The Morgan fingerprint density at radius 2 is 1.48 bits per heavy atom. The molecule has 0 bridgehead atoms. The van der Waals surface area contributed by atoms with E-state index in [1.54, 1.807) is 20.3 Å². The highest BCUT2D eigenvalue weighted by molar-refractivity contribution is 6.30. The summed E-state index contributed by atoms with van der Waals surface area (Å²) >= 11 is 6.09. The number of rotatable bonds is 2. The second-order valence-electron chi connectivity index (χ2n) is 6.42. The van der Waals surface area contributed by atoms with Gasteiger partial charge in [-0.15, -0.1) is 0 Å². The molecule has 2 aromatic carbocycles. The third kappa shape index (κ3) is 2.07. The van der Waals surface area contributed by atoms with E-state index < -0.39 is 0 Å². The summed E-state index contributed by atoms with van der Waals surface area (Å²) in [6.45, 7) is 0. The van der Waals surface area contributed by atoms with Gasteiger partial charge in [0, 0.05) is 16.0 Å². The summed E-state index contributed by atoms with van der Waals surface area (Å²) < 4.78 is 10.8. The molecular weight excluding hydrogens is 312 g/mol. The average Bonchev–Trinajstić information content (AvgIpc) is 3.02. The molecule has 2 aromatic rings. The van der Waals surface area contributed by atoms with Crippen molar-refractivity contribution >= 4 is 17.4 Å². The first-order valence-corrected chi connectivity index (χ1v) is 8.01. The van der Waals surface area contributed by atoms with Crippen LogP contribution in [0.1, 0.15) is 27.0 Å². The fourth-order valence-corrected chi connectivity index (χ4v) is 4.22. The molecule has 0 amide bonds. The molecule has 4 rings (SSSR count). The minimum absolute atomic E-state index is 0.235. The second kappa shape index (κ2) is 5.00. The molecule has 3 nitrogen and oxygen atoms in total. The molecule has 118 valence electrons. The lowest BCUT2D eigenvalue weighted by Gasteiger charge is -2.20. The first-order valence-electron chi connectivity index (χ1n) is 7.63. The van der Waals surface area contributed by atoms with Gasteiger partial charge in [-0.25, -0.2) is 0 Å². The molecule has 1 spiro atoms. The normalized spacial score (nSPS) is 17.3. The molecule has 4 heteroatoms. The van der Waals surface area contributed by atoms with Gasteiger partial charge in [0.05, 0.1) is 14.2 Å². The van der Waals surface area contributed by atoms with Gasteiger partial charge in [0.25, 0.3) is 0 Å². The Labute approximate surface area is 140 Å². The molecular formula is C19H17ClO3. The second-order valence-corrected chi connectivity index (χ2v) is 6.85. The van der Waals surface area contributed by atoms with Gasteiger partial charge in [0.1, 0.15) is 0 Å². The first-order chi connectivity index (χ1) is 11.1. The standard InChI is InChI=1S/C19H17ClO3/c1-22-16-6-11-8-19(9-12(11)7-17(16)23-2)10-13-5-14(20)3-4-15(13)18(19)21/h3-7H,8-10H2,1-2H3. The number of ketones is 1. The van der Waals surface area contributed by atoms with Gasteiger partial charge in [-0.3, -0.25) is 4.79 Å². The summed E-state index contributed by atoms with van der Waals surface area (Å²) in [6, 6.07) is 9.59. The molecule has 0 atom stereocenters. The number of carbonyl (C=O) groups is 1. The van der Waals surface area contributed by atoms with E-state index in [9.17, 15) is 4.79 Å². The van der Waals surface area contributed by atoms with Crippen LogP contribution in [0.5, 0.6) is 11.5 Å². The molecule has 2 aliphatic rings. The predicted molar refractivity (Wildman–Crippen MR) is 88.9 cm³/mol. The number of methoxy groups -OCH3 is 2. The van der Waals surface area contributed by atoms with Gasteiger partial charge in [-0.05, 0) is 66.3 Å². The van der Waals surface area contributed by atoms with Crippen LogP contribution in [0.3, 0.4) is 0 Å². The van der Waals surface area contributed by atoms with Gasteiger partial charge in [-0.1, -0.05) is 11.6 Å². The number of hydrogen-bond acceptors (Lipinski definition) is 3. The van der Waals surface area contributed by atoms with E-state index in [1.165, 1.54) is 11.1 Å². The zero-order valence-corrected chi connectivity index (χ0v) is 13.9. The number of hydrogen-bond donors (Lipinski definition) is 0. The fourth-order valence-electron chi connectivity index (χ4n) is 4.03. The molecule has 0 saturated carbocycles. The maximum Gasteiger partial charge on any atom is 0.170 e. The summed E-state index contributed by atoms with van der Waals surface area (Å²) in [5.74, 6) is 1.67. The van der Waals surface area contributed by atoms with E-state index in [1.807, 2.05) is 24.3 Å². The summed E-state index contributed by atoms with van der Waals surface area (Å²) in [6.07, 6.45) is 2.24. The highest BCUT2D eigenvalue weighted by atomic mass is 35.5. The van der Waals surface area contributed by atoms with Gasteiger partial charge >= 0.3 is 0 Å². The van der Waals surface area contributed by atoms with E-state index >= 15 is 0 Å². The first kappa shape index (κ1) is 14.6. The molecule has 0 saturated heterocycles. The Morgan fingerprint density at radius 1 is 0.913 bits per heavy atom. The van der Waals surface area contributed by atoms with Crippen LogP contribution in [0.25, 0.3) is 0 Å². The van der Waals surface area contributed by atoms with E-state index in [2.05, 4.69) is 0 Å². The molecule has 0 radical (unpaired) electrons. The summed E-state index contributed by atoms with van der Waals surface area (Å²) in [7, 11) is 3.26. The van der Waals surface area contributed by atoms with E-state index in [0.29, 0.717) is 16.5 Å². The highest BCUT2D eigenvalue weighted by Crippen LogP contribution is 2.49. The van der Waals surface area contributed by atoms with E-state index in [-0.39, 0.29) is 11.2 Å². The summed E-state index contributed by atoms with van der Waals surface area (Å²) in [5.41, 5.74) is 3.87. The molecule has 0 heterocycles. The third-order valence-electron chi connectivity index (χ3n) is 5.09. The van der Waals surface area contributed by atoms with Gasteiger partial charge in [0.2, 0.25) is 0 Å². The number of ether oxygens (including phenoxy) is 2. The van der Waals surface area contributed by atoms with Crippen molar-refractivity contribution in [2.45, 2.75) is 19.3 Å². The van der Waals surface area contributed by atoms with Gasteiger partial charge < -0.3 is 9.47 Å². The van der Waals surface area contributed by atoms with Crippen molar-refractivity contribution in [3.05, 3.63) is 57.6 Å². The Morgan fingerprint density at radius 3 is 2.04 bits per heavy atom. The Kier molecular flexibility index (Phi) is 3.17. The Hall–Kier alpha value is -2.00. The SMILES string of the molecule is COc1cc2c(cc1OC)CC1(C2)Cc2cc(Cl)ccc2C1=O. The molecule has 0 aromatic heterocycles. The minimum Gasteiger partial charge on any atom is -0.493 e. The topological polar surface area (TPSA) is 35.5 Å². The van der Waals surface area contributed by atoms with Crippen molar-refractivity contribution in [1.82, 2.24) is 0 Å². The van der Waals surface area contributed by atoms with Crippen molar-refractivity contribution in [1.29, 1.82) is 0 Å². The van der Waals surface area contributed by atoms with Crippen LogP contribution >= 0.6 is 11.6 Å². The van der Waals surface area contributed by atoms with Crippen LogP contribution < -0.4 is 9.47 Å². The summed E-state index contributed by atoms with van der Waals surface area (Å²) in [4.78, 5) is 13.0. The highest BCUT2D eigenvalue weighted by Gasteiger charge is 2.49. The number of carbonyl (C=O) groups excluding carboxylic acids is 1. The van der Waals surface area contributed by atoms with Crippen molar-refractivity contribution in [3.63, 3.8) is 0 Å². The number of benzene rings is 2. The largest absolute Gasteiger partial charge is 0.493 e. The van der Waals surface area contributed by atoms with Gasteiger partial charge in [-0.2, -0.15) is 0 Å². The Balaban J connectivity index is 1.75. The lowest BCUT2D eigenvalue weighted by molar-refractivity contribution is 0.0831. The minimum atomic E-state index is -0.368. The quantitative estimate of drug-likeness (QED) is 0.839. The molecule has 0 N–H and O–H groups in total. The van der Waals surface area contributed by atoms with Crippen molar-refractivity contribution < 1.29 is 14.3 Å². The number of Topliss-reactive ketones (excluding diaryl/α,β-unsaturated/α-hetero) is 1. The zero-order valence-electron chi connectivity index (χ0n) is 13.1. The van der Waals surface area contributed by atoms with Crippen molar-refractivity contribution in [2.75, 3.05) is 14.2 Å². The molecule has 0 unspecified atom stereocenters. The number of halogens is 1. The summed E-state index contributed by atoms with van der Waals surface area (Å²) in [5, 5.41) is 0.687. The lowest BCUT2D eigenvalue weighted by Crippen LogP contribution is -2.28. The maximum absolute atomic E-state index is 13.0. The zero-order chi connectivity index (χ0) is 16.2.